The van der Waals surface area contributed by atoms with Gasteiger partial charge in [0.05, 0.1) is 11.6 Å². The lowest BCUT2D eigenvalue weighted by Crippen LogP contribution is -2.10. The molecule has 22 heavy (non-hydrogen) atoms. The van der Waals surface area contributed by atoms with Gasteiger partial charge in [-0.15, -0.1) is 0 Å². The minimum absolute atomic E-state index is 0.161. The Morgan fingerprint density at radius 1 is 1.09 bits per heavy atom. The monoisotopic (exact) mass is 326 g/mol. The van der Waals surface area contributed by atoms with Gasteiger partial charge >= 0.3 is 11.9 Å². The van der Waals surface area contributed by atoms with Crippen molar-refractivity contribution in [2.45, 2.75) is 52.4 Å². The van der Waals surface area contributed by atoms with E-state index in [-0.39, 0.29) is 18.8 Å². The number of halogens is 1. The Labute approximate surface area is 136 Å². The SMILES string of the molecule is CCCCCOC(=O)CCCC(=O)Oc1cc(C)ccc1Cl. The molecule has 0 saturated carbocycles. The third-order valence-electron chi connectivity index (χ3n) is 3.08. The lowest BCUT2D eigenvalue weighted by Gasteiger charge is -2.07. The second-order valence-electron chi connectivity index (χ2n) is 5.19. The number of unbranched alkanes of at least 4 members (excludes halogenated alkanes) is 2. The fourth-order valence-electron chi connectivity index (χ4n) is 1.85. The maximum absolute atomic E-state index is 11.7. The van der Waals surface area contributed by atoms with Crippen molar-refractivity contribution in [2.75, 3.05) is 6.61 Å². The molecule has 1 aromatic carbocycles. The van der Waals surface area contributed by atoms with Crippen molar-refractivity contribution < 1.29 is 19.1 Å². The summed E-state index contributed by atoms with van der Waals surface area (Å²) in [7, 11) is 0. The molecule has 122 valence electrons. The van der Waals surface area contributed by atoms with Gasteiger partial charge in [-0.05, 0) is 37.5 Å². The second kappa shape index (κ2) is 10.2. The summed E-state index contributed by atoms with van der Waals surface area (Å²) in [5.74, 6) is -0.308. The van der Waals surface area contributed by atoms with Gasteiger partial charge in [-0.25, -0.2) is 0 Å². The Bertz CT molecular complexity index is 499. The zero-order chi connectivity index (χ0) is 16.4. The maximum atomic E-state index is 11.7. The Morgan fingerprint density at radius 3 is 2.55 bits per heavy atom. The molecule has 0 aromatic heterocycles. The van der Waals surface area contributed by atoms with Crippen LogP contribution in [0.15, 0.2) is 18.2 Å². The molecule has 5 heteroatoms. The Kier molecular flexibility index (Phi) is 8.60. The second-order valence-corrected chi connectivity index (χ2v) is 5.60. The average molecular weight is 327 g/mol. The zero-order valence-electron chi connectivity index (χ0n) is 13.2. The first-order chi connectivity index (χ1) is 10.5. The number of aryl methyl sites for hydroxylation is 1. The van der Waals surface area contributed by atoms with E-state index in [9.17, 15) is 9.59 Å². The number of hydrogen-bond donors (Lipinski definition) is 0. The Morgan fingerprint density at radius 2 is 1.82 bits per heavy atom. The largest absolute Gasteiger partial charge is 0.466 e. The Hall–Kier alpha value is -1.55. The van der Waals surface area contributed by atoms with E-state index in [2.05, 4.69) is 6.92 Å². The van der Waals surface area contributed by atoms with Gasteiger partial charge < -0.3 is 9.47 Å². The van der Waals surface area contributed by atoms with Gasteiger partial charge in [-0.1, -0.05) is 37.4 Å². The molecule has 1 rings (SSSR count). The number of rotatable bonds is 9. The van der Waals surface area contributed by atoms with Crippen LogP contribution in [-0.2, 0) is 14.3 Å². The van der Waals surface area contributed by atoms with E-state index in [0.717, 1.165) is 24.8 Å². The molecule has 1 aromatic rings. The van der Waals surface area contributed by atoms with Crippen LogP contribution in [0.1, 0.15) is 51.0 Å². The maximum Gasteiger partial charge on any atom is 0.311 e. The summed E-state index contributed by atoms with van der Waals surface area (Å²) in [5.41, 5.74) is 0.961. The summed E-state index contributed by atoms with van der Waals surface area (Å²) >= 11 is 5.96. The van der Waals surface area contributed by atoms with Crippen molar-refractivity contribution in [1.82, 2.24) is 0 Å². The van der Waals surface area contributed by atoms with Crippen LogP contribution >= 0.6 is 11.6 Å². The van der Waals surface area contributed by atoms with Gasteiger partial charge in [0.15, 0.2) is 0 Å². The summed E-state index contributed by atoms with van der Waals surface area (Å²) in [6.45, 7) is 4.44. The summed E-state index contributed by atoms with van der Waals surface area (Å²) < 4.78 is 10.3. The van der Waals surface area contributed by atoms with E-state index in [1.807, 2.05) is 13.0 Å². The van der Waals surface area contributed by atoms with Crippen LogP contribution in [0, 0.1) is 6.92 Å². The third-order valence-corrected chi connectivity index (χ3v) is 3.40. The zero-order valence-corrected chi connectivity index (χ0v) is 13.9. The van der Waals surface area contributed by atoms with Gasteiger partial charge in [-0.3, -0.25) is 9.59 Å². The molecule has 0 amide bonds. The molecule has 0 saturated heterocycles. The first-order valence-electron chi connectivity index (χ1n) is 7.65. The van der Waals surface area contributed by atoms with Gasteiger partial charge in [-0.2, -0.15) is 0 Å². The molecular formula is C17H23ClO4. The number of carbonyl (C=O) groups excluding carboxylic acids is 2. The van der Waals surface area contributed by atoms with Crippen molar-refractivity contribution in [3.63, 3.8) is 0 Å². The van der Waals surface area contributed by atoms with E-state index in [1.165, 1.54) is 0 Å². The lowest BCUT2D eigenvalue weighted by atomic mass is 10.2. The van der Waals surface area contributed by atoms with Gasteiger partial charge in [0.25, 0.3) is 0 Å². The summed E-state index contributed by atoms with van der Waals surface area (Å²) in [6, 6.07) is 5.24. The molecule has 0 atom stereocenters. The van der Waals surface area contributed by atoms with E-state index < -0.39 is 5.97 Å². The molecule has 0 heterocycles. The highest BCUT2D eigenvalue weighted by molar-refractivity contribution is 6.32. The predicted molar refractivity (Wildman–Crippen MR) is 86.2 cm³/mol. The first kappa shape index (κ1) is 18.5. The number of ether oxygens (including phenoxy) is 2. The van der Waals surface area contributed by atoms with Gasteiger partial charge in [0, 0.05) is 12.8 Å². The lowest BCUT2D eigenvalue weighted by molar-refractivity contribution is -0.144. The van der Waals surface area contributed by atoms with Crippen LogP contribution < -0.4 is 4.74 Å². The summed E-state index contributed by atoms with van der Waals surface area (Å²) in [5, 5.41) is 0.397. The Balaban J connectivity index is 2.23. The summed E-state index contributed by atoms with van der Waals surface area (Å²) in [6.07, 6.45) is 3.82. The molecule has 0 aliphatic rings. The van der Waals surface area contributed by atoms with Crippen molar-refractivity contribution in [1.29, 1.82) is 0 Å². The number of hydrogen-bond acceptors (Lipinski definition) is 4. The van der Waals surface area contributed by atoms with Crippen LogP contribution in [0.25, 0.3) is 0 Å². The normalized spacial score (nSPS) is 10.3. The van der Waals surface area contributed by atoms with Crippen molar-refractivity contribution >= 4 is 23.5 Å². The number of carbonyl (C=O) groups is 2. The van der Waals surface area contributed by atoms with Crippen LogP contribution in [0.5, 0.6) is 5.75 Å². The fraction of sp³-hybridized carbons (Fsp3) is 0.529. The first-order valence-corrected chi connectivity index (χ1v) is 8.03. The quantitative estimate of drug-likeness (QED) is 0.382. The van der Waals surface area contributed by atoms with Crippen LogP contribution in [0.2, 0.25) is 5.02 Å². The number of benzene rings is 1. The highest BCUT2D eigenvalue weighted by atomic mass is 35.5. The van der Waals surface area contributed by atoms with Crippen molar-refractivity contribution in [3.05, 3.63) is 28.8 Å². The molecule has 0 unspecified atom stereocenters. The molecule has 0 spiro atoms. The predicted octanol–water partition coefficient (Wildman–Crippen LogP) is 4.46. The standard InChI is InChI=1S/C17H23ClO4/c1-3-4-5-11-21-16(19)7-6-8-17(20)22-15-12-13(2)9-10-14(15)18/h9-10,12H,3-8,11H2,1-2H3. The minimum atomic E-state index is -0.397. The molecule has 0 radical (unpaired) electrons. The van der Waals surface area contributed by atoms with Crippen molar-refractivity contribution in [2.24, 2.45) is 0 Å². The molecule has 0 N–H and O–H groups in total. The molecule has 0 bridgehead atoms. The molecule has 0 aliphatic carbocycles. The highest BCUT2D eigenvalue weighted by Gasteiger charge is 2.10. The van der Waals surface area contributed by atoms with E-state index in [4.69, 9.17) is 21.1 Å². The molecule has 0 aliphatic heterocycles. The van der Waals surface area contributed by atoms with Gasteiger partial charge in [0.1, 0.15) is 5.75 Å². The molecule has 0 fully saturated rings. The van der Waals surface area contributed by atoms with Crippen LogP contribution in [0.4, 0.5) is 0 Å². The highest BCUT2D eigenvalue weighted by Crippen LogP contribution is 2.25. The van der Waals surface area contributed by atoms with Crippen LogP contribution in [0.3, 0.4) is 0 Å². The molecule has 4 nitrogen and oxygen atoms in total. The minimum Gasteiger partial charge on any atom is -0.466 e. The van der Waals surface area contributed by atoms with Crippen molar-refractivity contribution in [3.8, 4) is 5.75 Å². The van der Waals surface area contributed by atoms with Crippen LogP contribution in [-0.4, -0.2) is 18.5 Å². The van der Waals surface area contributed by atoms with E-state index in [0.29, 0.717) is 23.8 Å². The van der Waals surface area contributed by atoms with E-state index >= 15 is 0 Å². The topological polar surface area (TPSA) is 52.6 Å². The third kappa shape index (κ3) is 7.46. The smallest absolute Gasteiger partial charge is 0.311 e. The fourth-order valence-corrected chi connectivity index (χ4v) is 2.01. The average Bonchev–Trinajstić information content (AvgIpc) is 2.47. The number of esters is 2. The summed E-state index contributed by atoms with van der Waals surface area (Å²) in [4.78, 5) is 23.2. The van der Waals surface area contributed by atoms with E-state index in [1.54, 1.807) is 12.1 Å². The molecular weight excluding hydrogens is 304 g/mol. The van der Waals surface area contributed by atoms with Gasteiger partial charge in [0.2, 0.25) is 0 Å².